The van der Waals surface area contributed by atoms with Crippen LogP contribution in [0.15, 0.2) is 36.8 Å². The van der Waals surface area contributed by atoms with Crippen LogP contribution in [0.25, 0.3) is 33.5 Å². The van der Waals surface area contributed by atoms with Crippen LogP contribution in [0.2, 0.25) is 0 Å². The molecule has 1 aromatic carbocycles. The van der Waals surface area contributed by atoms with Gasteiger partial charge in [0.25, 0.3) is 0 Å². The van der Waals surface area contributed by atoms with Gasteiger partial charge in [-0.1, -0.05) is 0 Å². The van der Waals surface area contributed by atoms with E-state index in [1.807, 2.05) is 19.3 Å². The summed E-state index contributed by atoms with van der Waals surface area (Å²) in [7, 11) is 1.81. The van der Waals surface area contributed by atoms with Crippen molar-refractivity contribution in [3.63, 3.8) is 0 Å². The number of nitrogens with zero attached hydrogens (tertiary/aromatic N) is 4. The Kier molecular flexibility index (Phi) is 3.84. The standard InChI is InChI=1S/C18H15FN6O2/c1-25-8-10(7-22-25)9-4-12(17(20)21-6-9)18-23-14-3-2-13(19)11(5-15(26)27)16(14)24-18/h2-4,6-8H,5H2,1H3,(H2,20,21)(H,23,24)(H,26,27). The molecule has 9 heteroatoms. The molecule has 0 aliphatic carbocycles. The number of aryl methyl sites for hydroxylation is 1. The maximum absolute atomic E-state index is 14.1. The van der Waals surface area contributed by atoms with Gasteiger partial charge in [0, 0.05) is 36.1 Å². The molecule has 0 fully saturated rings. The van der Waals surface area contributed by atoms with E-state index in [9.17, 15) is 9.18 Å². The molecule has 0 bridgehead atoms. The van der Waals surface area contributed by atoms with E-state index in [4.69, 9.17) is 10.8 Å². The Morgan fingerprint density at radius 1 is 1.33 bits per heavy atom. The van der Waals surface area contributed by atoms with Gasteiger partial charge >= 0.3 is 5.97 Å². The second-order valence-electron chi connectivity index (χ2n) is 6.14. The molecule has 0 unspecified atom stereocenters. The summed E-state index contributed by atoms with van der Waals surface area (Å²) in [6.07, 6.45) is 4.72. The Bertz CT molecular complexity index is 1180. The molecule has 0 aliphatic rings. The van der Waals surface area contributed by atoms with E-state index in [2.05, 4.69) is 20.1 Å². The molecule has 0 saturated carbocycles. The van der Waals surface area contributed by atoms with Crippen LogP contribution >= 0.6 is 0 Å². The van der Waals surface area contributed by atoms with Crippen LogP contribution < -0.4 is 5.73 Å². The van der Waals surface area contributed by atoms with E-state index in [0.29, 0.717) is 16.9 Å². The van der Waals surface area contributed by atoms with Crippen molar-refractivity contribution in [1.82, 2.24) is 24.7 Å². The predicted octanol–water partition coefficient (Wildman–Crippen LogP) is 2.37. The number of anilines is 1. The number of benzene rings is 1. The summed E-state index contributed by atoms with van der Waals surface area (Å²) in [6.45, 7) is 0. The van der Waals surface area contributed by atoms with E-state index >= 15 is 0 Å². The van der Waals surface area contributed by atoms with Crippen molar-refractivity contribution in [3.05, 3.63) is 48.2 Å². The van der Waals surface area contributed by atoms with Crippen molar-refractivity contribution in [2.75, 3.05) is 5.73 Å². The highest BCUT2D eigenvalue weighted by Gasteiger charge is 2.17. The molecule has 0 saturated heterocycles. The van der Waals surface area contributed by atoms with Crippen molar-refractivity contribution in [1.29, 1.82) is 0 Å². The number of rotatable bonds is 4. The zero-order chi connectivity index (χ0) is 19.1. The van der Waals surface area contributed by atoms with Crippen LogP contribution in [0.4, 0.5) is 10.2 Å². The number of halogens is 1. The number of aromatic amines is 1. The lowest BCUT2D eigenvalue weighted by Crippen LogP contribution is -2.03. The number of aromatic nitrogens is 5. The van der Waals surface area contributed by atoms with Gasteiger partial charge in [-0.15, -0.1) is 0 Å². The molecular weight excluding hydrogens is 351 g/mol. The van der Waals surface area contributed by atoms with Crippen LogP contribution in [0, 0.1) is 5.82 Å². The molecule has 3 aromatic heterocycles. The zero-order valence-corrected chi connectivity index (χ0v) is 14.3. The molecule has 0 amide bonds. The molecule has 0 atom stereocenters. The maximum Gasteiger partial charge on any atom is 0.308 e. The summed E-state index contributed by atoms with van der Waals surface area (Å²) in [5, 5.41) is 13.2. The number of carboxylic acids is 1. The summed E-state index contributed by atoms with van der Waals surface area (Å²) < 4.78 is 15.8. The van der Waals surface area contributed by atoms with Crippen molar-refractivity contribution < 1.29 is 14.3 Å². The van der Waals surface area contributed by atoms with Crippen LogP contribution in [0.5, 0.6) is 0 Å². The summed E-state index contributed by atoms with van der Waals surface area (Å²) in [6, 6.07) is 4.54. The number of aliphatic carboxylic acids is 1. The smallest absolute Gasteiger partial charge is 0.308 e. The molecular formula is C18H15FN6O2. The van der Waals surface area contributed by atoms with E-state index in [-0.39, 0.29) is 16.9 Å². The Labute approximate surface area is 152 Å². The fourth-order valence-electron chi connectivity index (χ4n) is 2.95. The second kappa shape index (κ2) is 6.20. The minimum atomic E-state index is -1.13. The van der Waals surface area contributed by atoms with Crippen molar-refractivity contribution in [2.24, 2.45) is 7.05 Å². The number of nitrogen functional groups attached to an aromatic ring is 1. The highest BCUT2D eigenvalue weighted by atomic mass is 19.1. The minimum absolute atomic E-state index is 0.0254. The number of nitrogens with one attached hydrogen (secondary N) is 1. The number of H-pyrrole nitrogens is 1. The van der Waals surface area contributed by atoms with Crippen LogP contribution in [0.1, 0.15) is 5.56 Å². The Morgan fingerprint density at radius 3 is 2.85 bits per heavy atom. The van der Waals surface area contributed by atoms with Crippen molar-refractivity contribution in [2.45, 2.75) is 6.42 Å². The van der Waals surface area contributed by atoms with Crippen LogP contribution in [-0.4, -0.2) is 35.8 Å². The van der Waals surface area contributed by atoms with E-state index in [0.717, 1.165) is 11.1 Å². The van der Waals surface area contributed by atoms with Gasteiger partial charge < -0.3 is 15.8 Å². The predicted molar refractivity (Wildman–Crippen MR) is 97.2 cm³/mol. The van der Waals surface area contributed by atoms with Crippen molar-refractivity contribution in [3.8, 4) is 22.5 Å². The lowest BCUT2D eigenvalue weighted by Gasteiger charge is -2.04. The number of fused-ring (bicyclic) bond motifs is 1. The van der Waals surface area contributed by atoms with Gasteiger partial charge in [-0.25, -0.2) is 14.4 Å². The molecule has 4 rings (SSSR count). The minimum Gasteiger partial charge on any atom is -0.481 e. The molecule has 3 heterocycles. The summed E-state index contributed by atoms with van der Waals surface area (Å²) >= 11 is 0. The maximum atomic E-state index is 14.1. The third-order valence-corrected chi connectivity index (χ3v) is 4.24. The third-order valence-electron chi connectivity index (χ3n) is 4.24. The normalized spacial score (nSPS) is 11.2. The number of hydrogen-bond acceptors (Lipinski definition) is 5. The summed E-state index contributed by atoms with van der Waals surface area (Å²) in [4.78, 5) is 22.7. The lowest BCUT2D eigenvalue weighted by atomic mass is 10.1. The van der Waals surface area contributed by atoms with E-state index in [1.165, 1.54) is 12.1 Å². The van der Waals surface area contributed by atoms with Crippen LogP contribution in [-0.2, 0) is 18.3 Å². The monoisotopic (exact) mass is 366 g/mol. The van der Waals surface area contributed by atoms with Crippen LogP contribution in [0.3, 0.4) is 0 Å². The molecule has 136 valence electrons. The molecule has 0 aliphatic heterocycles. The Morgan fingerprint density at radius 2 is 2.15 bits per heavy atom. The first kappa shape index (κ1) is 16.7. The molecule has 0 spiro atoms. The topological polar surface area (TPSA) is 123 Å². The SMILES string of the molecule is Cn1cc(-c2cnc(N)c(-c3nc4c(CC(=O)O)c(F)ccc4[nH]3)c2)cn1. The number of hydrogen-bond donors (Lipinski definition) is 3. The molecule has 27 heavy (non-hydrogen) atoms. The van der Waals surface area contributed by atoms with Gasteiger partial charge in [-0.3, -0.25) is 9.48 Å². The number of nitrogens with two attached hydrogens (primary N) is 1. The second-order valence-corrected chi connectivity index (χ2v) is 6.14. The molecule has 4 N–H and O–H groups in total. The zero-order valence-electron chi connectivity index (χ0n) is 14.3. The third kappa shape index (κ3) is 2.99. The van der Waals surface area contributed by atoms with Gasteiger partial charge in [0.2, 0.25) is 0 Å². The summed E-state index contributed by atoms with van der Waals surface area (Å²) in [5.74, 6) is -1.11. The summed E-state index contributed by atoms with van der Waals surface area (Å²) in [5.41, 5.74) is 9.02. The van der Waals surface area contributed by atoms with Gasteiger partial charge in [-0.2, -0.15) is 5.10 Å². The highest BCUT2D eigenvalue weighted by Crippen LogP contribution is 2.30. The molecule has 4 aromatic rings. The van der Waals surface area contributed by atoms with Gasteiger partial charge in [0.05, 0.1) is 29.2 Å². The molecule has 0 radical (unpaired) electrons. The average Bonchev–Trinajstić information content (AvgIpc) is 3.24. The Hall–Kier alpha value is -3.75. The fraction of sp³-hybridized carbons (Fsp3) is 0.111. The number of carboxylic acid groups (broad SMARTS) is 1. The lowest BCUT2D eigenvalue weighted by molar-refractivity contribution is -0.136. The van der Waals surface area contributed by atoms with E-state index in [1.54, 1.807) is 17.1 Å². The fourth-order valence-corrected chi connectivity index (χ4v) is 2.95. The van der Waals surface area contributed by atoms with Gasteiger partial charge in [0.1, 0.15) is 17.5 Å². The first-order valence-electron chi connectivity index (χ1n) is 8.06. The Balaban J connectivity index is 1.86. The van der Waals surface area contributed by atoms with E-state index < -0.39 is 18.2 Å². The van der Waals surface area contributed by atoms with Crippen molar-refractivity contribution >= 4 is 22.8 Å². The quantitative estimate of drug-likeness (QED) is 0.510. The number of carbonyl (C=O) groups is 1. The number of pyridine rings is 1. The first-order valence-corrected chi connectivity index (χ1v) is 8.06. The average molecular weight is 366 g/mol. The first-order chi connectivity index (χ1) is 12.9. The number of imidazole rings is 1. The molecule has 8 nitrogen and oxygen atoms in total. The largest absolute Gasteiger partial charge is 0.481 e. The highest BCUT2D eigenvalue weighted by molar-refractivity contribution is 5.87. The van der Waals surface area contributed by atoms with Gasteiger partial charge in [0.15, 0.2) is 0 Å². The van der Waals surface area contributed by atoms with Gasteiger partial charge in [-0.05, 0) is 18.2 Å².